The van der Waals surface area contributed by atoms with E-state index in [-0.39, 0.29) is 50.1 Å². The van der Waals surface area contributed by atoms with Crippen molar-refractivity contribution in [3.05, 3.63) is 104 Å². The zero-order valence-electron chi connectivity index (χ0n) is 44.8. The zero-order valence-corrected chi connectivity index (χ0v) is 45.6. The number of allylic oxidation sites excluding steroid dienone is 12. The van der Waals surface area contributed by atoms with Crippen LogP contribution in [0.3, 0.4) is 0 Å². The molecule has 5 heterocycles. The first kappa shape index (κ1) is 56.6. The molecular weight excluding hydrogens is 930 g/mol. The molecule has 2 N–H and O–H groups in total. The Balaban J connectivity index is 1.15. The van der Waals surface area contributed by atoms with E-state index in [4.69, 9.17) is 33.5 Å². The molecule has 0 radical (unpaired) electrons. The van der Waals surface area contributed by atoms with E-state index in [1.165, 1.54) is 57.8 Å². The van der Waals surface area contributed by atoms with Gasteiger partial charge in [0.25, 0.3) is 7.82 Å². The number of likely N-dealkylation sites (N-methyl/N-ethyl adjacent to an activating group) is 1. The molecule has 0 spiro atoms. The molecular formula is C57H82N5O9P. The van der Waals surface area contributed by atoms with Crippen LogP contribution >= 0.6 is 7.82 Å². The smallest absolute Gasteiger partial charge is 0.306 e. The molecule has 0 saturated carbocycles. The van der Waals surface area contributed by atoms with Crippen LogP contribution in [-0.2, 0) is 32.7 Å². The average Bonchev–Trinajstić information content (AvgIpc) is 4.09. The van der Waals surface area contributed by atoms with E-state index in [9.17, 15) is 24.2 Å². The fourth-order valence-electron chi connectivity index (χ4n) is 10.2. The summed E-state index contributed by atoms with van der Waals surface area (Å²) in [6, 6.07) is 0. The third kappa shape index (κ3) is 15.0. The first-order valence-corrected chi connectivity index (χ1v) is 28.2. The molecule has 72 heavy (non-hydrogen) atoms. The highest BCUT2D eigenvalue weighted by atomic mass is 31.2. The number of nitrogens with one attached hydrogen (secondary N) is 1. The fourth-order valence-corrected chi connectivity index (χ4v) is 10.9. The van der Waals surface area contributed by atoms with Gasteiger partial charge < -0.3 is 38.3 Å². The Hall–Kier alpha value is -4.72. The summed E-state index contributed by atoms with van der Waals surface area (Å²) in [5.74, 6) is -1.19. The van der Waals surface area contributed by atoms with Crippen molar-refractivity contribution in [2.75, 3.05) is 47.5 Å². The molecule has 5 aliphatic heterocycles. The maximum absolute atomic E-state index is 13.9. The lowest BCUT2D eigenvalue weighted by atomic mass is 9.86. The first-order chi connectivity index (χ1) is 34.3. The molecule has 1 aliphatic carbocycles. The molecule has 1 saturated heterocycles. The van der Waals surface area contributed by atoms with Crippen LogP contribution in [0.5, 0.6) is 0 Å². The van der Waals surface area contributed by atoms with Gasteiger partial charge in [-0.05, 0) is 80.6 Å². The number of carbonyl (C=O) groups is 2. The van der Waals surface area contributed by atoms with Crippen LogP contribution in [0.4, 0.5) is 0 Å². The van der Waals surface area contributed by atoms with Crippen molar-refractivity contribution >= 4 is 36.9 Å². The zero-order chi connectivity index (χ0) is 52.2. The lowest BCUT2D eigenvalue weighted by Gasteiger charge is -2.28. The van der Waals surface area contributed by atoms with Gasteiger partial charge >= 0.3 is 11.9 Å². The second-order valence-corrected chi connectivity index (χ2v) is 22.6. The Labute approximate surface area is 429 Å². The number of aliphatic imine (C=N–C) groups is 3. The normalized spacial score (nSPS) is 20.9. The number of phosphoric acid groups is 1. The summed E-state index contributed by atoms with van der Waals surface area (Å²) in [5.41, 5.74) is 12.9. The van der Waals surface area contributed by atoms with Crippen LogP contribution in [-0.4, -0.2) is 92.3 Å². The number of nitrogens with zero attached hydrogens (tertiary/aromatic N) is 4. The molecule has 394 valence electrons. The van der Waals surface area contributed by atoms with Gasteiger partial charge in [0.2, 0.25) is 0 Å². The van der Waals surface area contributed by atoms with E-state index < -0.39 is 32.5 Å². The summed E-state index contributed by atoms with van der Waals surface area (Å²) in [4.78, 5) is 55.0. The lowest BCUT2D eigenvalue weighted by molar-refractivity contribution is -0.870. The fraction of sp³-hybridized carbons (Fsp3) is 0.596. The van der Waals surface area contributed by atoms with Crippen LogP contribution in [0.25, 0.3) is 0 Å². The Morgan fingerprint density at radius 3 is 2.12 bits per heavy atom. The molecule has 8 bridgehead atoms. The highest BCUT2D eigenvalue weighted by Crippen LogP contribution is 2.47. The predicted octanol–water partition coefficient (Wildman–Crippen LogP) is 11.8. The van der Waals surface area contributed by atoms with Gasteiger partial charge in [0, 0.05) is 59.2 Å². The quantitative estimate of drug-likeness (QED) is 0.0317. The Morgan fingerprint density at radius 1 is 0.847 bits per heavy atom. The molecule has 0 aromatic rings. The molecule has 15 heteroatoms. The van der Waals surface area contributed by atoms with Gasteiger partial charge in [-0.3, -0.25) is 14.2 Å². The van der Waals surface area contributed by atoms with Crippen molar-refractivity contribution in [1.82, 2.24) is 5.32 Å². The van der Waals surface area contributed by atoms with Crippen LogP contribution in [0.1, 0.15) is 157 Å². The number of esters is 2. The van der Waals surface area contributed by atoms with E-state index in [1.807, 2.05) is 53.2 Å². The van der Waals surface area contributed by atoms with Crippen molar-refractivity contribution in [3.63, 3.8) is 0 Å². The number of hydrogen-bond acceptors (Lipinski definition) is 13. The summed E-state index contributed by atoms with van der Waals surface area (Å²) in [5, 5.41) is 15.3. The van der Waals surface area contributed by atoms with Crippen LogP contribution in [0, 0.1) is 11.8 Å². The topological polar surface area (TPSA) is 181 Å². The van der Waals surface area contributed by atoms with E-state index in [1.54, 1.807) is 0 Å². The molecule has 6 aliphatic rings. The summed E-state index contributed by atoms with van der Waals surface area (Å²) in [6.07, 6.45) is 23.6. The number of carbonyl (C=O) groups excluding carboxylic acids is 2. The number of aliphatic hydroxyl groups excluding tert-OH is 1. The second kappa shape index (κ2) is 26.0. The maximum Gasteiger partial charge on any atom is 0.306 e. The Bertz CT molecular complexity index is 2490. The van der Waals surface area contributed by atoms with Gasteiger partial charge in [-0.2, -0.15) is 0 Å². The van der Waals surface area contributed by atoms with E-state index in [0.29, 0.717) is 35.2 Å². The van der Waals surface area contributed by atoms with Gasteiger partial charge in [0.05, 0.1) is 62.0 Å². The Kier molecular flexibility index (Phi) is 20.4. The Morgan fingerprint density at radius 2 is 1.49 bits per heavy atom. The summed E-state index contributed by atoms with van der Waals surface area (Å²) < 4.78 is 35.1. The number of unbranched alkanes of at least 4 members (excludes halogenated alkanes) is 12. The number of rotatable bonds is 29. The second-order valence-electron chi connectivity index (χ2n) is 21.2. The molecule has 0 aromatic carbocycles. The van der Waals surface area contributed by atoms with Crippen LogP contribution < -0.4 is 10.2 Å². The van der Waals surface area contributed by atoms with E-state index in [2.05, 4.69) is 45.7 Å². The molecule has 4 atom stereocenters. The number of quaternary nitrogens is 1. The number of hydrogen-bond donors (Lipinski definition) is 2. The van der Waals surface area contributed by atoms with Crippen molar-refractivity contribution in [1.29, 1.82) is 0 Å². The monoisotopic (exact) mass is 1010 g/mol. The molecule has 4 unspecified atom stereocenters. The third-order valence-electron chi connectivity index (χ3n) is 14.6. The minimum Gasteiger partial charge on any atom is -0.756 e. The summed E-state index contributed by atoms with van der Waals surface area (Å²) in [6.45, 7) is 16.0. The first-order valence-electron chi connectivity index (χ1n) is 26.7. The summed E-state index contributed by atoms with van der Waals surface area (Å²) >= 11 is 0. The van der Waals surface area contributed by atoms with Crippen molar-refractivity contribution in [3.8, 4) is 0 Å². The standard InChI is InChI=1S/C57H82N5O9P/c1-11-14-15-16-17-18-19-20-21-22-23-24-25-26-53(64)68-35-41(36-70-72(66,67)69-30-29-62(8,9)10)71-54(65)28-27-44-39(6)48-32-46-37(4)42(12-2)50(58-46)33-47-38(5)43(13-3)51(59-47)34-49-40(7)55-52(63)31-45(56(44)60-48)57(55)61-49/h12,32-34,39,41,44H,2,11,13-31,35-36H2,1,3-10H3,(H2-,58,59,60,61,63,66,67). The van der Waals surface area contributed by atoms with Gasteiger partial charge in [-0.1, -0.05) is 110 Å². The van der Waals surface area contributed by atoms with E-state index >= 15 is 0 Å². The summed E-state index contributed by atoms with van der Waals surface area (Å²) in [7, 11) is 0.956. The van der Waals surface area contributed by atoms with Gasteiger partial charge in [0.15, 0.2) is 6.10 Å². The largest absolute Gasteiger partial charge is 0.756 e. The number of ether oxygens (including phenoxy) is 2. The molecule has 0 aromatic heterocycles. The average molecular weight is 1010 g/mol. The maximum atomic E-state index is 13.9. The van der Waals surface area contributed by atoms with Gasteiger partial charge in [-0.15, -0.1) is 0 Å². The molecule has 6 rings (SSSR count). The highest BCUT2D eigenvalue weighted by Gasteiger charge is 2.41. The number of aliphatic hydroxyl groups is 1. The van der Waals surface area contributed by atoms with Crippen molar-refractivity contribution in [2.24, 2.45) is 26.8 Å². The van der Waals surface area contributed by atoms with Gasteiger partial charge in [0.1, 0.15) is 25.5 Å². The lowest BCUT2D eigenvalue weighted by Crippen LogP contribution is -2.37. The van der Waals surface area contributed by atoms with Crippen molar-refractivity contribution < 1.29 is 47.2 Å². The predicted molar refractivity (Wildman–Crippen MR) is 285 cm³/mol. The number of fused-ring (bicyclic) bond motifs is 5. The molecule has 14 nitrogen and oxygen atoms in total. The number of phosphoric ester groups is 1. The van der Waals surface area contributed by atoms with Crippen molar-refractivity contribution in [2.45, 2.75) is 163 Å². The SMILES string of the molecule is C=CC1=C(C)C2=NC1=CC1=NC(=CC3=C(C)C4=C(O)CC(=C5NC(=C2)C(C)C5CCC(=O)OC(COC(=O)CCCCCCCCCCCCCCC)COP(=O)([O-])OCC[N+](C)(C)C)C4=N3)C(CC)=C1C. The molecule has 1 fully saturated rings. The van der Waals surface area contributed by atoms with Crippen LogP contribution in [0.2, 0.25) is 0 Å². The third-order valence-corrected chi connectivity index (χ3v) is 15.6. The van der Waals surface area contributed by atoms with E-state index in [0.717, 1.165) is 99.0 Å². The highest BCUT2D eigenvalue weighted by molar-refractivity contribution is 7.45. The minimum absolute atomic E-state index is 0.0501. The molecule has 0 amide bonds. The minimum atomic E-state index is -4.79. The van der Waals surface area contributed by atoms with Gasteiger partial charge in [-0.25, -0.2) is 15.0 Å². The van der Waals surface area contributed by atoms with Crippen LogP contribution in [0.15, 0.2) is 119 Å².